The van der Waals surface area contributed by atoms with Crippen molar-refractivity contribution in [2.75, 3.05) is 32.5 Å². The van der Waals surface area contributed by atoms with E-state index in [4.69, 9.17) is 4.74 Å². The number of hydrogen-bond donors (Lipinski definition) is 2. The van der Waals surface area contributed by atoms with Gasteiger partial charge in [0.2, 0.25) is 0 Å². The van der Waals surface area contributed by atoms with Crippen molar-refractivity contribution in [1.29, 1.82) is 0 Å². The van der Waals surface area contributed by atoms with Crippen LogP contribution in [0.3, 0.4) is 0 Å². The fraction of sp³-hybridized carbons (Fsp3) is 0.588. The molecular formula is C17H27N3OS. The third-order valence-corrected chi connectivity index (χ3v) is 5.32. The summed E-state index contributed by atoms with van der Waals surface area (Å²) in [5.74, 6) is 3.09. The van der Waals surface area contributed by atoms with Crippen LogP contribution in [-0.4, -0.2) is 43.2 Å². The molecule has 122 valence electrons. The Morgan fingerprint density at radius 1 is 1.32 bits per heavy atom. The summed E-state index contributed by atoms with van der Waals surface area (Å²) >= 11 is 2.06. The molecule has 0 bridgehead atoms. The number of nitrogens with zero attached hydrogens (tertiary/aromatic N) is 1. The Labute approximate surface area is 138 Å². The lowest BCUT2D eigenvalue weighted by atomic mass is 10.1. The van der Waals surface area contributed by atoms with Gasteiger partial charge in [0.1, 0.15) is 5.75 Å². The molecule has 1 unspecified atom stereocenters. The van der Waals surface area contributed by atoms with E-state index in [9.17, 15) is 0 Å². The van der Waals surface area contributed by atoms with Crippen molar-refractivity contribution in [2.24, 2.45) is 4.99 Å². The van der Waals surface area contributed by atoms with Gasteiger partial charge in [0.05, 0.1) is 6.61 Å². The lowest BCUT2D eigenvalue weighted by Gasteiger charge is -2.24. The molecule has 0 saturated carbocycles. The number of thioether (sulfide) groups is 1. The van der Waals surface area contributed by atoms with E-state index in [2.05, 4.69) is 34.3 Å². The SMILES string of the molecule is CN=C(NCCCOc1ccccc1)NCC1(C)CCCS1. The van der Waals surface area contributed by atoms with Crippen molar-refractivity contribution < 1.29 is 4.74 Å². The molecule has 0 spiro atoms. The van der Waals surface area contributed by atoms with Crippen LogP contribution >= 0.6 is 11.8 Å². The Kier molecular flexibility index (Phi) is 6.90. The standard InChI is InChI=1S/C17H27N3OS/c1-17(10-6-13-22-17)14-20-16(18-2)19-11-7-12-21-15-8-4-3-5-9-15/h3-5,8-9H,6-7,10-14H2,1-2H3,(H2,18,19,20). The molecule has 0 aromatic heterocycles. The fourth-order valence-corrected chi connectivity index (χ4v) is 3.70. The van der Waals surface area contributed by atoms with Gasteiger partial charge in [-0.3, -0.25) is 4.99 Å². The van der Waals surface area contributed by atoms with Crippen molar-refractivity contribution in [3.8, 4) is 5.75 Å². The molecule has 1 heterocycles. The van der Waals surface area contributed by atoms with Crippen LogP contribution in [0.5, 0.6) is 5.75 Å². The first-order chi connectivity index (χ1) is 10.7. The van der Waals surface area contributed by atoms with Crippen LogP contribution in [0.25, 0.3) is 0 Å². The van der Waals surface area contributed by atoms with E-state index in [0.29, 0.717) is 11.4 Å². The molecule has 1 aliphatic rings. The average Bonchev–Trinajstić information content (AvgIpc) is 2.98. The summed E-state index contributed by atoms with van der Waals surface area (Å²) in [5, 5.41) is 6.78. The van der Waals surface area contributed by atoms with Crippen LogP contribution in [-0.2, 0) is 0 Å². The van der Waals surface area contributed by atoms with Gasteiger partial charge in [-0.25, -0.2) is 0 Å². The second kappa shape index (κ2) is 8.93. The summed E-state index contributed by atoms with van der Waals surface area (Å²) in [4.78, 5) is 4.28. The number of rotatable bonds is 7. The molecule has 1 aliphatic heterocycles. The van der Waals surface area contributed by atoms with Crippen LogP contribution in [0, 0.1) is 0 Å². The maximum atomic E-state index is 5.68. The molecule has 0 radical (unpaired) electrons. The molecule has 1 aromatic rings. The molecule has 1 aromatic carbocycles. The molecular weight excluding hydrogens is 294 g/mol. The third-order valence-electron chi connectivity index (χ3n) is 3.78. The lowest BCUT2D eigenvalue weighted by Crippen LogP contribution is -2.44. The lowest BCUT2D eigenvalue weighted by molar-refractivity contribution is 0.311. The van der Waals surface area contributed by atoms with Crippen molar-refractivity contribution >= 4 is 17.7 Å². The summed E-state index contributed by atoms with van der Waals surface area (Å²) in [6.07, 6.45) is 3.56. The first-order valence-corrected chi connectivity index (χ1v) is 8.97. The Balaban J connectivity index is 1.58. The summed E-state index contributed by atoms with van der Waals surface area (Å²) in [5.41, 5.74) is 0. The van der Waals surface area contributed by atoms with Gasteiger partial charge in [-0.05, 0) is 44.1 Å². The molecule has 22 heavy (non-hydrogen) atoms. The topological polar surface area (TPSA) is 45.7 Å². The first-order valence-electron chi connectivity index (χ1n) is 7.98. The van der Waals surface area contributed by atoms with Crippen molar-refractivity contribution in [3.05, 3.63) is 30.3 Å². The molecule has 1 atom stereocenters. The van der Waals surface area contributed by atoms with Gasteiger partial charge in [0.15, 0.2) is 5.96 Å². The van der Waals surface area contributed by atoms with Gasteiger partial charge in [-0.15, -0.1) is 0 Å². The normalized spacial score (nSPS) is 21.6. The average molecular weight is 321 g/mol. The monoisotopic (exact) mass is 321 g/mol. The highest BCUT2D eigenvalue weighted by molar-refractivity contribution is 8.00. The van der Waals surface area contributed by atoms with Crippen LogP contribution in [0.4, 0.5) is 0 Å². The van der Waals surface area contributed by atoms with E-state index in [-0.39, 0.29) is 0 Å². The number of benzene rings is 1. The molecule has 4 nitrogen and oxygen atoms in total. The minimum Gasteiger partial charge on any atom is -0.494 e. The highest BCUT2D eigenvalue weighted by Crippen LogP contribution is 2.36. The van der Waals surface area contributed by atoms with Crippen molar-refractivity contribution in [3.63, 3.8) is 0 Å². The van der Waals surface area contributed by atoms with Gasteiger partial charge in [-0.2, -0.15) is 11.8 Å². The van der Waals surface area contributed by atoms with E-state index in [1.54, 1.807) is 0 Å². The fourth-order valence-electron chi connectivity index (χ4n) is 2.45. The summed E-state index contributed by atoms with van der Waals surface area (Å²) in [6.45, 7) is 4.87. The molecule has 2 rings (SSSR count). The Morgan fingerprint density at radius 2 is 2.14 bits per heavy atom. The molecule has 1 saturated heterocycles. The first kappa shape index (κ1) is 17.0. The minimum atomic E-state index is 0.355. The Bertz CT molecular complexity index is 458. The predicted molar refractivity (Wildman–Crippen MR) is 96.0 cm³/mol. The molecule has 0 aliphatic carbocycles. The zero-order valence-electron chi connectivity index (χ0n) is 13.6. The van der Waals surface area contributed by atoms with E-state index < -0.39 is 0 Å². The van der Waals surface area contributed by atoms with E-state index in [1.165, 1.54) is 18.6 Å². The van der Waals surface area contributed by atoms with Crippen LogP contribution in [0.15, 0.2) is 35.3 Å². The van der Waals surface area contributed by atoms with Crippen molar-refractivity contribution in [2.45, 2.75) is 30.9 Å². The number of ether oxygens (including phenoxy) is 1. The quantitative estimate of drug-likeness (QED) is 0.460. The van der Waals surface area contributed by atoms with Crippen molar-refractivity contribution in [1.82, 2.24) is 10.6 Å². The van der Waals surface area contributed by atoms with Gasteiger partial charge >= 0.3 is 0 Å². The number of para-hydroxylation sites is 1. The summed E-state index contributed by atoms with van der Waals surface area (Å²) < 4.78 is 6.03. The van der Waals surface area contributed by atoms with E-state index in [1.807, 2.05) is 37.4 Å². The zero-order valence-corrected chi connectivity index (χ0v) is 14.4. The molecule has 5 heteroatoms. The van der Waals surface area contributed by atoms with Crippen LogP contribution < -0.4 is 15.4 Å². The highest BCUT2D eigenvalue weighted by Gasteiger charge is 2.29. The highest BCUT2D eigenvalue weighted by atomic mass is 32.2. The number of hydrogen-bond acceptors (Lipinski definition) is 3. The van der Waals surface area contributed by atoms with Gasteiger partial charge in [-0.1, -0.05) is 18.2 Å². The Morgan fingerprint density at radius 3 is 2.82 bits per heavy atom. The van der Waals surface area contributed by atoms with Gasteiger partial charge < -0.3 is 15.4 Å². The van der Waals surface area contributed by atoms with Crippen LogP contribution in [0.2, 0.25) is 0 Å². The number of guanidine groups is 1. The second-order valence-electron chi connectivity index (χ2n) is 5.77. The summed E-state index contributed by atoms with van der Waals surface area (Å²) in [6, 6.07) is 9.93. The number of aliphatic imine (C=N–C) groups is 1. The van der Waals surface area contributed by atoms with E-state index in [0.717, 1.165) is 31.2 Å². The molecule has 2 N–H and O–H groups in total. The predicted octanol–water partition coefficient (Wildman–Crippen LogP) is 2.91. The minimum absolute atomic E-state index is 0.355. The summed E-state index contributed by atoms with van der Waals surface area (Å²) in [7, 11) is 1.82. The Hall–Kier alpha value is -1.36. The van der Waals surface area contributed by atoms with E-state index >= 15 is 0 Å². The van der Waals surface area contributed by atoms with Crippen LogP contribution in [0.1, 0.15) is 26.2 Å². The third kappa shape index (κ3) is 5.79. The maximum Gasteiger partial charge on any atom is 0.191 e. The maximum absolute atomic E-state index is 5.68. The smallest absolute Gasteiger partial charge is 0.191 e. The second-order valence-corrected chi connectivity index (χ2v) is 7.45. The molecule has 0 amide bonds. The van der Waals surface area contributed by atoms with Gasteiger partial charge in [0, 0.05) is 24.9 Å². The molecule has 1 fully saturated rings. The number of nitrogens with one attached hydrogen (secondary N) is 2. The zero-order chi connectivity index (χ0) is 15.7. The largest absolute Gasteiger partial charge is 0.494 e. The van der Waals surface area contributed by atoms with Gasteiger partial charge in [0.25, 0.3) is 0 Å².